The summed E-state index contributed by atoms with van der Waals surface area (Å²) < 4.78 is 14.1. The van der Waals surface area contributed by atoms with Gasteiger partial charge in [-0.1, -0.05) is 22.1 Å². The molecular formula is C19H26N2O4+2. The van der Waals surface area contributed by atoms with Gasteiger partial charge in [0, 0.05) is 18.9 Å². The second-order valence-electron chi connectivity index (χ2n) is 6.41. The molecule has 25 heavy (non-hydrogen) atoms. The van der Waals surface area contributed by atoms with Crippen LogP contribution in [0.4, 0.5) is 0 Å². The van der Waals surface area contributed by atoms with E-state index < -0.39 is 0 Å². The Kier molecular flexibility index (Phi) is 4.97. The van der Waals surface area contributed by atoms with Crippen LogP contribution in [-0.4, -0.2) is 24.4 Å². The van der Waals surface area contributed by atoms with Gasteiger partial charge < -0.3 is 19.7 Å². The molecule has 0 bridgehead atoms. The largest absolute Gasteiger partial charge is 0.632 e. The molecular weight excluding hydrogens is 320 g/mol. The normalized spacial score (nSPS) is 15.3. The molecule has 6 nitrogen and oxygen atoms in total. The number of rotatable bonds is 5. The maximum atomic E-state index is 10.9. The molecule has 1 fully saturated rings. The minimum Gasteiger partial charge on any atom is -0.493 e. The number of benzene rings is 1. The molecule has 2 aromatic rings. The fourth-order valence-corrected chi connectivity index (χ4v) is 3.72. The fraction of sp³-hybridized carbons (Fsp3) is 0.474. The van der Waals surface area contributed by atoms with Crippen LogP contribution in [0.3, 0.4) is 0 Å². The molecule has 0 atom stereocenters. The number of hydrogen-bond donors (Lipinski definition) is 2. The molecule has 3 rings (SSSR count). The van der Waals surface area contributed by atoms with E-state index in [0.717, 1.165) is 25.7 Å². The third kappa shape index (κ3) is 2.97. The fourth-order valence-electron chi connectivity index (χ4n) is 3.72. The van der Waals surface area contributed by atoms with Gasteiger partial charge in [-0.05, 0) is 18.9 Å². The van der Waals surface area contributed by atoms with Crippen LogP contribution in [0.25, 0.3) is 10.9 Å². The zero-order chi connectivity index (χ0) is 18.0. The molecule has 0 spiro atoms. The summed E-state index contributed by atoms with van der Waals surface area (Å²) >= 11 is 0. The standard InChI is InChI=1S/C19H24N2O4/c1-4-10-20-15-12-17(25-3)16(24-2)11-14(15)18(22)21(19(20)23)13-8-6-5-7-9-13/h4,11-13H,1,5-10H2,2-3H3/p+2. The molecule has 6 heteroatoms. The van der Waals surface area contributed by atoms with Crippen molar-refractivity contribution in [2.75, 3.05) is 14.2 Å². The Hall–Kier alpha value is -2.50. The lowest BCUT2D eigenvalue weighted by Crippen LogP contribution is -2.51. The van der Waals surface area contributed by atoms with E-state index in [1.165, 1.54) is 6.42 Å². The summed E-state index contributed by atoms with van der Waals surface area (Å²) in [7, 11) is 3.13. The zero-order valence-corrected chi connectivity index (χ0v) is 14.9. The van der Waals surface area contributed by atoms with Crippen molar-refractivity contribution in [2.24, 2.45) is 0 Å². The van der Waals surface area contributed by atoms with Gasteiger partial charge in [-0.15, -0.1) is 0 Å². The zero-order valence-electron chi connectivity index (χ0n) is 14.9. The van der Waals surface area contributed by atoms with E-state index in [9.17, 15) is 10.2 Å². The van der Waals surface area contributed by atoms with Crippen LogP contribution in [0.15, 0.2) is 24.8 Å². The Morgan fingerprint density at radius 2 is 1.76 bits per heavy atom. The highest BCUT2D eigenvalue weighted by Gasteiger charge is 2.39. The SMILES string of the molecule is C=CC[n+]1c(O)[n+](C2CCCCC2)c(O)c2cc(OC)c(OC)cc21. The first-order valence-electron chi connectivity index (χ1n) is 8.68. The van der Waals surface area contributed by atoms with Gasteiger partial charge in [-0.25, -0.2) is 0 Å². The summed E-state index contributed by atoms with van der Waals surface area (Å²) in [6, 6.07) is 3.64. The second-order valence-corrected chi connectivity index (χ2v) is 6.41. The van der Waals surface area contributed by atoms with Crippen LogP contribution in [-0.2, 0) is 6.54 Å². The first kappa shape index (κ1) is 17.3. The third-order valence-electron chi connectivity index (χ3n) is 4.97. The van der Waals surface area contributed by atoms with Gasteiger partial charge >= 0.3 is 11.9 Å². The first-order chi connectivity index (χ1) is 12.1. The molecule has 1 aromatic carbocycles. The van der Waals surface area contributed by atoms with E-state index in [0.29, 0.717) is 28.9 Å². The molecule has 0 radical (unpaired) electrons. The summed E-state index contributed by atoms with van der Waals surface area (Å²) in [5.41, 5.74) is 0.666. The van der Waals surface area contributed by atoms with Crippen molar-refractivity contribution in [1.82, 2.24) is 0 Å². The van der Waals surface area contributed by atoms with Crippen LogP contribution in [0, 0.1) is 0 Å². The van der Waals surface area contributed by atoms with Crippen LogP contribution < -0.4 is 18.6 Å². The van der Waals surface area contributed by atoms with Crippen molar-refractivity contribution in [3.63, 3.8) is 0 Å². The maximum absolute atomic E-state index is 10.9. The summed E-state index contributed by atoms with van der Waals surface area (Å²) in [5.74, 6) is 1.14. The van der Waals surface area contributed by atoms with Crippen LogP contribution in [0.1, 0.15) is 38.1 Å². The van der Waals surface area contributed by atoms with Crippen molar-refractivity contribution in [1.29, 1.82) is 0 Å². The Morgan fingerprint density at radius 3 is 2.36 bits per heavy atom. The lowest BCUT2D eigenvalue weighted by atomic mass is 9.95. The average molecular weight is 346 g/mol. The molecule has 134 valence electrons. The molecule has 0 unspecified atom stereocenters. The lowest BCUT2D eigenvalue weighted by molar-refractivity contribution is -0.831. The number of fused-ring (bicyclic) bond motifs is 1. The number of methoxy groups -OCH3 is 2. The maximum Gasteiger partial charge on any atom is 0.632 e. The summed E-state index contributed by atoms with van der Waals surface area (Å²) in [6.45, 7) is 4.21. The molecule has 0 saturated heterocycles. The number of allylic oxidation sites excluding steroid dienone is 1. The van der Waals surface area contributed by atoms with Gasteiger partial charge in [0.2, 0.25) is 5.52 Å². The average Bonchev–Trinajstić information content (AvgIpc) is 2.65. The lowest BCUT2D eigenvalue weighted by Gasteiger charge is -2.17. The molecule has 1 saturated carbocycles. The van der Waals surface area contributed by atoms with Crippen LogP contribution in [0.2, 0.25) is 0 Å². The molecule has 1 aliphatic rings. The van der Waals surface area contributed by atoms with Crippen LogP contribution >= 0.6 is 0 Å². The third-order valence-corrected chi connectivity index (χ3v) is 4.97. The number of nitrogens with zero attached hydrogens (tertiary/aromatic N) is 2. The number of aromatic hydroxyl groups is 2. The minimum absolute atomic E-state index is 0.0315. The van der Waals surface area contributed by atoms with E-state index >= 15 is 0 Å². The number of hydrogen-bond acceptors (Lipinski definition) is 4. The Labute approximate surface area is 147 Å². The van der Waals surface area contributed by atoms with Gasteiger partial charge in [0.1, 0.15) is 0 Å². The van der Waals surface area contributed by atoms with Crippen molar-refractivity contribution in [3.05, 3.63) is 24.8 Å². The van der Waals surface area contributed by atoms with Crippen molar-refractivity contribution in [3.8, 4) is 23.4 Å². The predicted octanol–water partition coefficient (Wildman–Crippen LogP) is 2.53. The monoisotopic (exact) mass is 346 g/mol. The molecule has 2 N–H and O–H groups in total. The van der Waals surface area contributed by atoms with Gasteiger partial charge in [-0.3, -0.25) is 0 Å². The number of aromatic nitrogens is 2. The smallest absolute Gasteiger partial charge is 0.493 e. The highest BCUT2D eigenvalue weighted by Crippen LogP contribution is 2.36. The highest BCUT2D eigenvalue weighted by atomic mass is 16.5. The Morgan fingerprint density at radius 1 is 1.12 bits per heavy atom. The quantitative estimate of drug-likeness (QED) is 0.645. The van der Waals surface area contributed by atoms with Gasteiger partial charge in [0.15, 0.2) is 29.5 Å². The summed E-state index contributed by atoms with van der Waals surface area (Å²) in [4.78, 5) is 0. The number of ether oxygens (including phenoxy) is 2. The van der Waals surface area contributed by atoms with Gasteiger partial charge in [-0.2, -0.15) is 0 Å². The Balaban J connectivity index is 2.31. The predicted molar refractivity (Wildman–Crippen MR) is 93.1 cm³/mol. The summed E-state index contributed by atoms with van der Waals surface area (Å²) in [6.07, 6.45) is 7.00. The van der Waals surface area contributed by atoms with E-state index in [4.69, 9.17) is 9.47 Å². The molecule has 1 aliphatic carbocycles. The van der Waals surface area contributed by atoms with Crippen molar-refractivity contribution < 1.29 is 28.8 Å². The van der Waals surface area contributed by atoms with Crippen molar-refractivity contribution in [2.45, 2.75) is 44.7 Å². The molecule has 0 aliphatic heterocycles. The van der Waals surface area contributed by atoms with E-state index in [2.05, 4.69) is 6.58 Å². The van der Waals surface area contributed by atoms with Gasteiger partial charge in [0.25, 0.3) is 0 Å². The molecule has 0 amide bonds. The molecule has 1 aromatic heterocycles. The van der Waals surface area contributed by atoms with Gasteiger partial charge in [0.05, 0.1) is 20.3 Å². The topological polar surface area (TPSA) is 66.7 Å². The second kappa shape index (κ2) is 7.17. The molecule has 1 heterocycles. The van der Waals surface area contributed by atoms with Crippen molar-refractivity contribution >= 4 is 10.9 Å². The highest BCUT2D eigenvalue weighted by molar-refractivity contribution is 5.83. The van der Waals surface area contributed by atoms with E-state index in [1.807, 2.05) is 0 Å². The summed E-state index contributed by atoms with van der Waals surface area (Å²) in [5, 5.41) is 22.4. The minimum atomic E-state index is 0.0315. The van der Waals surface area contributed by atoms with E-state index in [-0.39, 0.29) is 17.9 Å². The Bertz CT molecular complexity index is 798. The first-order valence-corrected chi connectivity index (χ1v) is 8.68. The van der Waals surface area contributed by atoms with Crippen LogP contribution in [0.5, 0.6) is 23.4 Å². The van der Waals surface area contributed by atoms with E-state index in [1.54, 1.807) is 41.6 Å².